The molecule has 0 saturated carbocycles. The van der Waals surface area contributed by atoms with Gasteiger partial charge in [-0.3, -0.25) is 0 Å². The first-order valence-corrected chi connectivity index (χ1v) is 2.29. The number of nitrogens with two attached hydrogens (primary N) is 2. The molecular formula is C3H7CuN3O2S. The van der Waals surface area contributed by atoms with Crippen LogP contribution in [0.15, 0.2) is 5.10 Å². The quantitative estimate of drug-likeness (QED) is 0.115. The second kappa shape index (κ2) is 11.3. The number of carboxylic acids is 1. The molecule has 0 aromatic heterocycles. The molecule has 0 fully saturated rings. The predicted molar refractivity (Wildman–Crippen MR) is 33.9 cm³/mol. The summed E-state index contributed by atoms with van der Waals surface area (Å²) >= 11 is 4.18. The molecule has 0 spiro atoms. The SMILES string of the molecule is CC(=O)[O-].N/N=C(/N)[S-].[Cu+2]. The van der Waals surface area contributed by atoms with E-state index in [1.54, 1.807) is 0 Å². The molecule has 0 amide bonds. The van der Waals surface area contributed by atoms with Crippen LogP contribution in [0, 0.1) is 0 Å². The number of carboxylic acid groups (broad SMARTS) is 1. The fourth-order valence-electron chi connectivity index (χ4n) is 0. The van der Waals surface area contributed by atoms with Gasteiger partial charge in [-0.15, -0.1) is 0 Å². The normalized spacial score (nSPS) is 8.30. The number of hydrogen-bond acceptors (Lipinski definition) is 5. The smallest absolute Gasteiger partial charge is 0.741 e. The number of aliphatic carboxylic acids is 1. The molecular weight excluding hydrogens is 206 g/mol. The minimum atomic E-state index is -1.08. The summed E-state index contributed by atoms with van der Waals surface area (Å²) in [7, 11) is 0. The molecule has 0 rings (SSSR count). The van der Waals surface area contributed by atoms with Crippen molar-refractivity contribution in [3.8, 4) is 0 Å². The molecule has 0 atom stereocenters. The van der Waals surface area contributed by atoms with E-state index in [1.165, 1.54) is 0 Å². The molecule has 0 bridgehead atoms. The van der Waals surface area contributed by atoms with Crippen molar-refractivity contribution in [2.24, 2.45) is 16.7 Å². The largest absolute Gasteiger partial charge is 2.00 e. The Kier molecular flexibility index (Phi) is 18.3. The zero-order chi connectivity index (χ0) is 7.86. The van der Waals surface area contributed by atoms with Crippen LogP contribution < -0.4 is 16.7 Å². The summed E-state index contributed by atoms with van der Waals surface area (Å²) in [4.78, 5) is 8.89. The predicted octanol–water partition coefficient (Wildman–Crippen LogP) is -2.52. The van der Waals surface area contributed by atoms with E-state index in [4.69, 9.17) is 15.6 Å². The van der Waals surface area contributed by atoms with Gasteiger partial charge in [0.05, 0.1) is 0 Å². The number of carbonyl (C=O) groups excluding carboxylic acids is 1. The van der Waals surface area contributed by atoms with E-state index in [2.05, 4.69) is 23.6 Å². The fraction of sp³-hybridized carbons (Fsp3) is 0.333. The minimum Gasteiger partial charge on any atom is -0.741 e. The van der Waals surface area contributed by atoms with Gasteiger partial charge in [-0.1, -0.05) is 0 Å². The topological polar surface area (TPSA) is 105 Å². The second-order valence-corrected chi connectivity index (χ2v) is 1.38. The summed E-state index contributed by atoms with van der Waals surface area (Å²) in [5.74, 6) is 3.45. The third kappa shape index (κ3) is 143. The molecule has 0 aromatic carbocycles. The van der Waals surface area contributed by atoms with E-state index in [-0.39, 0.29) is 22.2 Å². The van der Waals surface area contributed by atoms with E-state index in [0.29, 0.717) is 0 Å². The van der Waals surface area contributed by atoms with Crippen LogP contribution in [0.5, 0.6) is 0 Å². The first-order chi connectivity index (χ1) is 4.00. The Hall–Kier alpha value is -0.521. The molecule has 0 aliphatic carbocycles. The van der Waals surface area contributed by atoms with Gasteiger partial charge in [0.15, 0.2) is 0 Å². The first kappa shape index (κ1) is 16.2. The Balaban J connectivity index is -0.0000000910. The van der Waals surface area contributed by atoms with Gasteiger partial charge in [0, 0.05) is 5.97 Å². The summed E-state index contributed by atoms with van der Waals surface area (Å²) in [6.45, 7) is 0.972. The van der Waals surface area contributed by atoms with Crippen LogP contribution in [0.1, 0.15) is 6.92 Å². The molecule has 63 valence electrons. The molecule has 4 N–H and O–H groups in total. The first-order valence-electron chi connectivity index (χ1n) is 1.88. The van der Waals surface area contributed by atoms with E-state index < -0.39 is 5.97 Å². The molecule has 5 nitrogen and oxygen atoms in total. The van der Waals surface area contributed by atoms with Crippen LogP contribution in [0.3, 0.4) is 0 Å². The molecule has 0 saturated heterocycles. The van der Waals surface area contributed by atoms with Crippen molar-refractivity contribution < 1.29 is 27.0 Å². The number of hydrogen-bond donors (Lipinski definition) is 2. The fourth-order valence-corrected chi connectivity index (χ4v) is 0. The van der Waals surface area contributed by atoms with Gasteiger partial charge in [0.1, 0.15) is 0 Å². The second-order valence-electron chi connectivity index (χ2n) is 0.959. The maximum absolute atomic E-state index is 8.89. The van der Waals surface area contributed by atoms with Gasteiger partial charge >= 0.3 is 17.1 Å². The van der Waals surface area contributed by atoms with E-state index in [9.17, 15) is 0 Å². The van der Waals surface area contributed by atoms with Crippen molar-refractivity contribution in [2.45, 2.75) is 6.92 Å². The maximum atomic E-state index is 8.89. The van der Waals surface area contributed by atoms with Gasteiger partial charge in [0.2, 0.25) is 0 Å². The van der Waals surface area contributed by atoms with Crippen molar-refractivity contribution in [2.75, 3.05) is 0 Å². The molecule has 0 aliphatic heterocycles. The third-order valence-electron chi connectivity index (χ3n) is 0.127. The summed E-state index contributed by atoms with van der Waals surface area (Å²) < 4.78 is 0. The van der Waals surface area contributed by atoms with E-state index in [0.717, 1.165) is 6.92 Å². The number of amidine groups is 1. The summed E-state index contributed by atoms with van der Waals surface area (Å²) in [6, 6.07) is 0. The number of rotatable bonds is 0. The van der Waals surface area contributed by atoms with Gasteiger partial charge in [0.25, 0.3) is 0 Å². The van der Waals surface area contributed by atoms with E-state index >= 15 is 0 Å². The molecule has 10 heavy (non-hydrogen) atoms. The van der Waals surface area contributed by atoms with Crippen LogP contribution in [0.2, 0.25) is 0 Å². The zero-order valence-electron chi connectivity index (χ0n) is 5.13. The van der Waals surface area contributed by atoms with Crippen LogP contribution in [0.4, 0.5) is 0 Å². The van der Waals surface area contributed by atoms with Crippen molar-refractivity contribution in [1.29, 1.82) is 0 Å². The number of nitrogens with zero attached hydrogens (tertiary/aromatic N) is 1. The third-order valence-corrected chi connectivity index (χ3v) is 0.233. The van der Waals surface area contributed by atoms with Gasteiger partial charge in [-0.2, -0.15) is 5.10 Å². The summed E-state index contributed by atoms with van der Waals surface area (Å²) in [5, 5.41) is 11.8. The number of hydrazone groups is 1. The van der Waals surface area contributed by atoms with Crippen LogP contribution in [-0.2, 0) is 34.5 Å². The van der Waals surface area contributed by atoms with Gasteiger partial charge in [-0.05, 0) is 12.1 Å². The van der Waals surface area contributed by atoms with Gasteiger partial charge in [-0.25, -0.2) is 0 Å². The minimum absolute atomic E-state index is 0. The standard InChI is InChI=1S/C2H4O2.CH5N3S.Cu/c1-2(3)4;2-1(5)4-3;/h1H3,(H,3,4);3H2,(H3,2,4,5);/q;;+2/p-2. The van der Waals surface area contributed by atoms with Crippen molar-refractivity contribution in [1.82, 2.24) is 0 Å². The molecule has 0 unspecified atom stereocenters. The zero-order valence-corrected chi connectivity index (χ0v) is 6.89. The molecule has 0 aromatic rings. The molecule has 0 aliphatic rings. The Bertz CT molecular complexity index is 110. The monoisotopic (exact) mass is 212 g/mol. The Morgan fingerprint density at radius 3 is 1.80 bits per heavy atom. The molecule has 0 heterocycles. The molecule has 7 heteroatoms. The maximum Gasteiger partial charge on any atom is 2.00 e. The Morgan fingerprint density at radius 1 is 1.70 bits per heavy atom. The molecule has 1 radical (unpaired) electrons. The average molecular weight is 213 g/mol. The van der Waals surface area contributed by atoms with Crippen LogP contribution in [-0.4, -0.2) is 11.1 Å². The van der Waals surface area contributed by atoms with Gasteiger partial charge < -0.3 is 34.1 Å². The van der Waals surface area contributed by atoms with Crippen LogP contribution >= 0.6 is 0 Å². The van der Waals surface area contributed by atoms with E-state index in [1.807, 2.05) is 0 Å². The Labute approximate surface area is 74.7 Å². The van der Waals surface area contributed by atoms with Crippen molar-refractivity contribution in [3.63, 3.8) is 0 Å². The van der Waals surface area contributed by atoms with Crippen molar-refractivity contribution in [3.05, 3.63) is 0 Å². The average Bonchev–Trinajstić information content (AvgIpc) is 1.65. The summed E-state index contributed by atoms with van der Waals surface area (Å²) in [5.41, 5.74) is 4.73. The van der Waals surface area contributed by atoms with Crippen LogP contribution in [0.25, 0.3) is 0 Å². The van der Waals surface area contributed by atoms with Crippen molar-refractivity contribution >= 4 is 23.8 Å². The summed E-state index contributed by atoms with van der Waals surface area (Å²) in [6.07, 6.45) is 0. The number of carbonyl (C=O) groups is 1. The Morgan fingerprint density at radius 2 is 1.80 bits per heavy atom.